The number of aromatic nitrogens is 1. The number of aliphatic imine (C=N–C) groups is 1. The van der Waals surface area contributed by atoms with Gasteiger partial charge in [0.1, 0.15) is 18.1 Å². The smallest absolute Gasteiger partial charge is 0.422 e. The average molecular weight is 410 g/mol. The van der Waals surface area contributed by atoms with Gasteiger partial charge >= 0.3 is 6.18 Å². The number of pyridine rings is 1. The third kappa shape index (κ3) is 8.71. The molecule has 1 aromatic heterocycles. The van der Waals surface area contributed by atoms with Crippen LogP contribution in [-0.2, 0) is 6.54 Å². The second-order valence-electron chi connectivity index (χ2n) is 6.17. The minimum absolute atomic E-state index is 0.173. The number of guanidine groups is 1. The molecule has 1 aromatic carbocycles. The van der Waals surface area contributed by atoms with Crippen molar-refractivity contribution in [1.82, 2.24) is 15.6 Å². The number of nitrogens with zero attached hydrogens (tertiary/aromatic N) is 2. The lowest BCUT2D eigenvalue weighted by Gasteiger charge is -2.14. The van der Waals surface area contributed by atoms with E-state index < -0.39 is 12.8 Å². The van der Waals surface area contributed by atoms with Crippen molar-refractivity contribution in [2.45, 2.75) is 26.6 Å². The maximum Gasteiger partial charge on any atom is 0.422 e. The summed E-state index contributed by atoms with van der Waals surface area (Å²) in [5.74, 6) is 1.38. The van der Waals surface area contributed by atoms with Gasteiger partial charge in [-0.05, 0) is 37.6 Å². The van der Waals surface area contributed by atoms with Crippen molar-refractivity contribution in [3.05, 3.63) is 53.9 Å². The number of rotatable bonds is 9. The Morgan fingerprint density at radius 2 is 2.00 bits per heavy atom. The highest BCUT2D eigenvalue weighted by Gasteiger charge is 2.28. The lowest BCUT2D eigenvalue weighted by Crippen LogP contribution is -2.39. The van der Waals surface area contributed by atoms with E-state index in [1.54, 1.807) is 37.5 Å². The molecular formula is C20H25F3N4O2. The van der Waals surface area contributed by atoms with Crippen LogP contribution >= 0.6 is 0 Å². The Balaban J connectivity index is 1.94. The van der Waals surface area contributed by atoms with E-state index >= 15 is 0 Å². The Bertz CT molecular complexity index is 783. The number of hydrogen-bond acceptors (Lipinski definition) is 4. The van der Waals surface area contributed by atoms with Crippen LogP contribution in [0.1, 0.15) is 18.1 Å². The highest BCUT2D eigenvalue weighted by Crippen LogP contribution is 2.24. The lowest BCUT2D eigenvalue weighted by molar-refractivity contribution is -0.153. The first-order valence-corrected chi connectivity index (χ1v) is 9.21. The fraction of sp³-hybridized carbons (Fsp3) is 0.400. The average Bonchev–Trinajstić information content (AvgIpc) is 2.69. The number of aryl methyl sites for hydroxylation is 1. The monoisotopic (exact) mass is 410 g/mol. The van der Waals surface area contributed by atoms with Crippen LogP contribution in [0.3, 0.4) is 0 Å². The molecule has 0 aliphatic heterocycles. The SMILES string of the molecule is CCNC(=NCc1ccc(C)cc1OCC(F)(F)F)NCCOc1cccnc1. The quantitative estimate of drug-likeness (QED) is 0.377. The van der Waals surface area contributed by atoms with Gasteiger partial charge in [-0.2, -0.15) is 13.2 Å². The van der Waals surface area contributed by atoms with Crippen LogP contribution in [0.25, 0.3) is 0 Å². The molecule has 0 aliphatic carbocycles. The highest BCUT2D eigenvalue weighted by atomic mass is 19.4. The van der Waals surface area contributed by atoms with Gasteiger partial charge in [0.25, 0.3) is 0 Å². The summed E-state index contributed by atoms with van der Waals surface area (Å²) in [6.07, 6.45) is -1.10. The van der Waals surface area contributed by atoms with E-state index in [9.17, 15) is 13.2 Å². The van der Waals surface area contributed by atoms with E-state index in [1.807, 2.05) is 19.1 Å². The fourth-order valence-corrected chi connectivity index (χ4v) is 2.36. The first-order valence-electron chi connectivity index (χ1n) is 9.21. The molecule has 0 bridgehead atoms. The molecule has 0 aliphatic rings. The molecule has 29 heavy (non-hydrogen) atoms. The first kappa shape index (κ1) is 22.3. The fourth-order valence-electron chi connectivity index (χ4n) is 2.36. The van der Waals surface area contributed by atoms with Gasteiger partial charge in [-0.25, -0.2) is 4.99 Å². The van der Waals surface area contributed by atoms with Crippen LogP contribution in [0, 0.1) is 6.92 Å². The highest BCUT2D eigenvalue weighted by molar-refractivity contribution is 5.79. The molecule has 6 nitrogen and oxygen atoms in total. The molecule has 0 amide bonds. The molecular weight excluding hydrogens is 385 g/mol. The van der Waals surface area contributed by atoms with Crippen molar-refractivity contribution in [2.24, 2.45) is 4.99 Å². The van der Waals surface area contributed by atoms with Crippen molar-refractivity contribution in [3.8, 4) is 11.5 Å². The Labute approximate surface area is 168 Å². The largest absolute Gasteiger partial charge is 0.490 e. The molecule has 1 heterocycles. The Kier molecular flexibility index (Phi) is 8.57. The molecule has 0 saturated carbocycles. The molecule has 2 N–H and O–H groups in total. The summed E-state index contributed by atoms with van der Waals surface area (Å²) in [5, 5.41) is 6.21. The van der Waals surface area contributed by atoms with Crippen LogP contribution in [0.5, 0.6) is 11.5 Å². The molecule has 0 spiro atoms. The zero-order valence-electron chi connectivity index (χ0n) is 16.4. The van der Waals surface area contributed by atoms with E-state index in [2.05, 4.69) is 20.6 Å². The summed E-state index contributed by atoms with van der Waals surface area (Å²) in [5.41, 5.74) is 1.39. The Morgan fingerprint density at radius 3 is 2.69 bits per heavy atom. The number of halogens is 3. The van der Waals surface area contributed by atoms with Gasteiger partial charge in [-0.15, -0.1) is 0 Å². The molecule has 0 radical (unpaired) electrons. The Morgan fingerprint density at radius 1 is 1.17 bits per heavy atom. The van der Waals surface area contributed by atoms with Gasteiger partial charge in [-0.3, -0.25) is 4.98 Å². The van der Waals surface area contributed by atoms with E-state index in [0.717, 1.165) is 5.56 Å². The summed E-state index contributed by atoms with van der Waals surface area (Å²) in [4.78, 5) is 8.40. The normalized spacial score (nSPS) is 11.8. The molecule has 0 fully saturated rings. The minimum atomic E-state index is -4.39. The third-order valence-corrected chi connectivity index (χ3v) is 3.66. The van der Waals surface area contributed by atoms with Crippen molar-refractivity contribution in [2.75, 3.05) is 26.3 Å². The van der Waals surface area contributed by atoms with Gasteiger partial charge in [-0.1, -0.05) is 12.1 Å². The zero-order valence-corrected chi connectivity index (χ0v) is 16.4. The van der Waals surface area contributed by atoms with Crippen LogP contribution in [0.4, 0.5) is 13.2 Å². The third-order valence-electron chi connectivity index (χ3n) is 3.66. The maximum absolute atomic E-state index is 12.5. The van der Waals surface area contributed by atoms with Gasteiger partial charge in [0.05, 0.1) is 19.3 Å². The second-order valence-corrected chi connectivity index (χ2v) is 6.17. The van der Waals surface area contributed by atoms with Crippen LogP contribution < -0.4 is 20.1 Å². The van der Waals surface area contributed by atoms with Crippen LogP contribution in [0.15, 0.2) is 47.7 Å². The van der Waals surface area contributed by atoms with Crippen molar-refractivity contribution >= 4 is 5.96 Å². The van der Waals surface area contributed by atoms with Crippen molar-refractivity contribution in [3.63, 3.8) is 0 Å². The van der Waals surface area contributed by atoms with Gasteiger partial charge < -0.3 is 20.1 Å². The van der Waals surface area contributed by atoms with Gasteiger partial charge in [0, 0.05) is 18.3 Å². The van der Waals surface area contributed by atoms with Crippen molar-refractivity contribution < 1.29 is 22.6 Å². The van der Waals surface area contributed by atoms with Gasteiger partial charge in [0.15, 0.2) is 12.6 Å². The molecule has 2 aromatic rings. The number of benzene rings is 1. The summed E-state index contributed by atoms with van der Waals surface area (Å²) in [6, 6.07) is 8.71. The number of ether oxygens (including phenoxy) is 2. The van der Waals surface area contributed by atoms with E-state index in [0.29, 0.717) is 37.0 Å². The summed E-state index contributed by atoms with van der Waals surface area (Å²) in [7, 11) is 0. The van der Waals surface area contributed by atoms with E-state index in [-0.39, 0.29) is 12.3 Å². The predicted molar refractivity (Wildman–Crippen MR) is 105 cm³/mol. The molecule has 9 heteroatoms. The lowest BCUT2D eigenvalue weighted by atomic mass is 10.1. The maximum atomic E-state index is 12.5. The van der Waals surface area contributed by atoms with Crippen LogP contribution in [-0.4, -0.2) is 43.4 Å². The number of hydrogen-bond donors (Lipinski definition) is 2. The standard InChI is InChI=1S/C20H25F3N4O2/c1-3-25-19(26-9-10-28-17-5-4-8-24-13-17)27-12-16-7-6-15(2)11-18(16)29-14-20(21,22)23/h4-8,11,13H,3,9-10,12,14H2,1-2H3,(H2,25,26,27). The summed E-state index contributed by atoms with van der Waals surface area (Å²) in [6.45, 7) is 4.09. The summed E-state index contributed by atoms with van der Waals surface area (Å²) < 4.78 is 48.0. The molecule has 0 saturated heterocycles. The van der Waals surface area contributed by atoms with E-state index in [1.165, 1.54) is 0 Å². The minimum Gasteiger partial charge on any atom is -0.490 e. The van der Waals surface area contributed by atoms with Crippen molar-refractivity contribution in [1.29, 1.82) is 0 Å². The zero-order chi connectivity index (χ0) is 21.1. The van der Waals surface area contributed by atoms with Gasteiger partial charge in [0.2, 0.25) is 0 Å². The number of alkyl halides is 3. The van der Waals surface area contributed by atoms with E-state index in [4.69, 9.17) is 9.47 Å². The topological polar surface area (TPSA) is 67.8 Å². The summed E-state index contributed by atoms with van der Waals surface area (Å²) >= 11 is 0. The predicted octanol–water partition coefficient (Wildman–Crippen LogP) is 3.47. The molecule has 0 atom stereocenters. The molecule has 158 valence electrons. The van der Waals surface area contributed by atoms with Crippen LogP contribution in [0.2, 0.25) is 0 Å². The Hall–Kier alpha value is -2.97. The molecule has 2 rings (SSSR count). The first-order chi connectivity index (χ1) is 13.9. The second kappa shape index (κ2) is 11.1. The molecule has 0 unspecified atom stereocenters. The number of nitrogens with one attached hydrogen (secondary N) is 2.